The van der Waals surface area contributed by atoms with Crippen molar-refractivity contribution in [3.8, 4) is 0 Å². The molecule has 21 heavy (non-hydrogen) atoms. The van der Waals surface area contributed by atoms with Gasteiger partial charge in [0.15, 0.2) is 0 Å². The van der Waals surface area contributed by atoms with E-state index >= 15 is 0 Å². The topological polar surface area (TPSA) is 63.4 Å². The number of halogens is 2. The van der Waals surface area contributed by atoms with Crippen LogP contribution in [0.2, 0.25) is 5.02 Å². The van der Waals surface area contributed by atoms with E-state index in [-0.39, 0.29) is 28.6 Å². The number of rotatable bonds is 5. The molecule has 0 spiro atoms. The van der Waals surface area contributed by atoms with Gasteiger partial charge in [0.1, 0.15) is 5.82 Å². The number of nitrogens with two attached hydrogens (primary N) is 1. The highest BCUT2D eigenvalue weighted by Gasteiger charge is 2.33. The average Bonchev–Trinajstić information content (AvgIpc) is 2.37. The number of hydrogen-bond donors (Lipinski definition) is 1. The molecular formula is C14H20ClFN2O2S. The van der Waals surface area contributed by atoms with Gasteiger partial charge in [0.2, 0.25) is 10.0 Å². The van der Waals surface area contributed by atoms with Crippen LogP contribution in [0.3, 0.4) is 0 Å². The van der Waals surface area contributed by atoms with Gasteiger partial charge in [0, 0.05) is 18.6 Å². The van der Waals surface area contributed by atoms with Crippen LogP contribution in [0.25, 0.3) is 0 Å². The molecule has 0 saturated heterocycles. The zero-order valence-corrected chi connectivity index (χ0v) is 13.9. The van der Waals surface area contributed by atoms with Crippen LogP contribution in [0.4, 0.5) is 4.39 Å². The Balaban J connectivity index is 3.49. The Morgan fingerprint density at radius 1 is 1.43 bits per heavy atom. The van der Waals surface area contributed by atoms with Crippen LogP contribution >= 0.6 is 11.6 Å². The Labute approximate surface area is 130 Å². The second-order valence-electron chi connectivity index (χ2n) is 5.58. The van der Waals surface area contributed by atoms with E-state index in [1.165, 1.54) is 16.4 Å². The van der Waals surface area contributed by atoms with Gasteiger partial charge in [-0.05, 0) is 38.5 Å². The monoisotopic (exact) mass is 334 g/mol. The second-order valence-corrected chi connectivity index (χ2v) is 7.82. The van der Waals surface area contributed by atoms with E-state index < -0.39 is 21.4 Å². The zero-order valence-electron chi connectivity index (χ0n) is 12.4. The van der Waals surface area contributed by atoms with E-state index in [0.29, 0.717) is 0 Å². The maximum Gasteiger partial charge on any atom is 0.243 e. The SMILES string of the molecule is C=CCN(C(C)(C)C)S(=O)(=O)c1cc(F)c(Cl)c(CN)c1. The first-order chi connectivity index (χ1) is 9.55. The lowest BCUT2D eigenvalue weighted by molar-refractivity contribution is 0.269. The van der Waals surface area contributed by atoms with Crippen molar-refractivity contribution in [3.63, 3.8) is 0 Å². The number of hydrogen-bond acceptors (Lipinski definition) is 3. The summed E-state index contributed by atoms with van der Waals surface area (Å²) in [6.45, 7) is 8.90. The van der Waals surface area contributed by atoms with Gasteiger partial charge in [-0.25, -0.2) is 12.8 Å². The van der Waals surface area contributed by atoms with Crippen molar-refractivity contribution in [2.75, 3.05) is 6.54 Å². The molecule has 1 aromatic rings. The molecule has 0 radical (unpaired) electrons. The number of sulfonamides is 1. The second kappa shape index (κ2) is 6.44. The Hall–Kier alpha value is -0.950. The molecule has 118 valence electrons. The molecule has 0 aliphatic rings. The molecule has 0 bridgehead atoms. The van der Waals surface area contributed by atoms with E-state index in [9.17, 15) is 12.8 Å². The predicted octanol–water partition coefficient (Wildman–Crippen LogP) is 2.91. The van der Waals surface area contributed by atoms with Crippen LogP contribution in [-0.4, -0.2) is 24.8 Å². The first kappa shape index (κ1) is 18.1. The predicted molar refractivity (Wildman–Crippen MR) is 83.1 cm³/mol. The third-order valence-electron chi connectivity index (χ3n) is 2.93. The molecule has 0 aliphatic heterocycles. The molecule has 2 N–H and O–H groups in total. The van der Waals surface area contributed by atoms with Crippen molar-refractivity contribution < 1.29 is 12.8 Å². The summed E-state index contributed by atoms with van der Waals surface area (Å²) in [5, 5.41) is -0.150. The van der Waals surface area contributed by atoms with Gasteiger partial charge in [-0.2, -0.15) is 4.31 Å². The van der Waals surface area contributed by atoms with Gasteiger partial charge in [0.25, 0.3) is 0 Å². The van der Waals surface area contributed by atoms with Crippen LogP contribution in [0.5, 0.6) is 0 Å². The zero-order chi connectivity index (χ0) is 16.4. The quantitative estimate of drug-likeness (QED) is 0.842. The molecular weight excluding hydrogens is 315 g/mol. The maximum absolute atomic E-state index is 13.8. The van der Waals surface area contributed by atoms with E-state index in [1.807, 2.05) is 0 Å². The van der Waals surface area contributed by atoms with Crippen molar-refractivity contribution in [3.05, 3.63) is 41.2 Å². The molecule has 0 aliphatic carbocycles. The molecule has 1 rings (SSSR count). The highest BCUT2D eigenvalue weighted by Crippen LogP contribution is 2.29. The summed E-state index contributed by atoms with van der Waals surface area (Å²) in [5.74, 6) is -0.800. The smallest absolute Gasteiger partial charge is 0.243 e. The van der Waals surface area contributed by atoms with Crippen LogP contribution < -0.4 is 5.73 Å². The van der Waals surface area contributed by atoms with Gasteiger partial charge < -0.3 is 5.73 Å². The van der Waals surface area contributed by atoms with Crippen molar-refractivity contribution in [1.29, 1.82) is 0 Å². The average molecular weight is 335 g/mol. The summed E-state index contributed by atoms with van der Waals surface area (Å²) in [7, 11) is -3.88. The van der Waals surface area contributed by atoms with Gasteiger partial charge in [0.05, 0.1) is 9.92 Å². The van der Waals surface area contributed by atoms with Crippen molar-refractivity contribution >= 4 is 21.6 Å². The molecule has 0 aromatic heterocycles. The highest BCUT2D eigenvalue weighted by atomic mass is 35.5. The summed E-state index contributed by atoms with van der Waals surface area (Å²) in [6.07, 6.45) is 1.49. The Morgan fingerprint density at radius 3 is 2.43 bits per heavy atom. The van der Waals surface area contributed by atoms with Crippen molar-refractivity contribution in [1.82, 2.24) is 4.31 Å². The Morgan fingerprint density at radius 2 is 2.00 bits per heavy atom. The molecule has 4 nitrogen and oxygen atoms in total. The van der Waals surface area contributed by atoms with E-state index in [2.05, 4.69) is 6.58 Å². The molecule has 0 atom stereocenters. The van der Waals surface area contributed by atoms with Gasteiger partial charge >= 0.3 is 0 Å². The van der Waals surface area contributed by atoms with Gasteiger partial charge in [-0.1, -0.05) is 17.7 Å². The lowest BCUT2D eigenvalue weighted by Gasteiger charge is -2.33. The van der Waals surface area contributed by atoms with Crippen LogP contribution in [-0.2, 0) is 16.6 Å². The Kier molecular flexibility index (Phi) is 5.55. The van der Waals surface area contributed by atoms with Crippen LogP contribution in [0, 0.1) is 5.82 Å². The molecule has 1 aromatic carbocycles. The lowest BCUT2D eigenvalue weighted by Crippen LogP contribution is -2.45. The summed E-state index contributed by atoms with van der Waals surface area (Å²) < 4.78 is 40.5. The Bertz CT molecular complexity index is 639. The molecule has 0 unspecified atom stereocenters. The minimum absolute atomic E-state index is 0.0455. The first-order valence-electron chi connectivity index (χ1n) is 6.37. The van der Waals surface area contributed by atoms with E-state index in [0.717, 1.165) is 6.07 Å². The van der Waals surface area contributed by atoms with Gasteiger partial charge in [-0.15, -0.1) is 6.58 Å². The standard InChI is InChI=1S/C14H20ClFN2O2S/c1-5-6-18(14(2,3)4)21(19,20)11-7-10(9-17)13(15)12(16)8-11/h5,7-8H,1,6,9,17H2,2-4H3. The number of nitrogens with zero attached hydrogens (tertiary/aromatic N) is 1. The largest absolute Gasteiger partial charge is 0.326 e. The summed E-state index contributed by atoms with van der Waals surface area (Å²) in [6, 6.07) is 2.22. The fourth-order valence-electron chi connectivity index (χ4n) is 1.89. The minimum Gasteiger partial charge on any atom is -0.326 e. The normalized spacial score (nSPS) is 12.7. The first-order valence-corrected chi connectivity index (χ1v) is 8.19. The van der Waals surface area contributed by atoms with Crippen molar-refractivity contribution in [2.24, 2.45) is 5.73 Å². The minimum atomic E-state index is -3.88. The number of benzene rings is 1. The molecule has 0 saturated carbocycles. The fourth-order valence-corrected chi connectivity index (χ4v) is 3.90. The third-order valence-corrected chi connectivity index (χ3v) is 5.46. The molecule has 7 heteroatoms. The van der Waals surface area contributed by atoms with E-state index in [1.54, 1.807) is 20.8 Å². The third kappa shape index (κ3) is 3.83. The molecule has 0 heterocycles. The summed E-state index contributed by atoms with van der Waals surface area (Å²) in [5.41, 5.74) is 5.05. The molecule has 0 fully saturated rings. The van der Waals surface area contributed by atoms with E-state index in [4.69, 9.17) is 17.3 Å². The summed E-state index contributed by atoms with van der Waals surface area (Å²) in [4.78, 5) is -0.165. The lowest BCUT2D eigenvalue weighted by atomic mass is 10.1. The fraction of sp³-hybridized carbons (Fsp3) is 0.429. The maximum atomic E-state index is 13.8. The van der Waals surface area contributed by atoms with Gasteiger partial charge in [-0.3, -0.25) is 0 Å². The van der Waals surface area contributed by atoms with Crippen molar-refractivity contribution in [2.45, 2.75) is 37.8 Å². The highest BCUT2D eigenvalue weighted by molar-refractivity contribution is 7.89. The molecule has 0 amide bonds. The summed E-state index contributed by atoms with van der Waals surface area (Å²) >= 11 is 5.77. The van der Waals surface area contributed by atoms with Crippen LogP contribution in [0.1, 0.15) is 26.3 Å². The van der Waals surface area contributed by atoms with Crippen LogP contribution in [0.15, 0.2) is 29.7 Å².